The molecule has 2 rings (SSSR count). The average molecular weight is 251 g/mol. The number of fused-ring (bicyclic) bond motifs is 1. The van der Waals surface area contributed by atoms with Crippen LogP contribution in [-0.2, 0) is 23.9 Å². The third-order valence-electron chi connectivity index (χ3n) is 3.36. The monoisotopic (exact) mass is 251 g/mol. The molecule has 0 aromatic carbocycles. The molecule has 1 heterocycles. The molecule has 2 atom stereocenters. The molecule has 1 aliphatic heterocycles. The van der Waals surface area contributed by atoms with Crippen molar-refractivity contribution >= 4 is 17.8 Å². The van der Waals surface area contributed by atoms with Crippen molar-refractivity contribution in [2.24, 2.45) is 5.41 Å². The summed E-state index contributed by atoms with van der Waals surface area (Å²) < 4.78 is 9.30. The van der Waals surface area contributed by atoms with Gasteiger partial charge in [0.2, 0.25) is 5.91 Å². The van der Waals surface area contributed by atoms with E-state index in [4.69, 9.17) is 0 Å². The first-order valence-corrected chi connectivity index (χ1v) is 5.36. The van der Waals surface area contributed by atoms with Crippen molar-refractivity contribution < 1.29 is 23.9 Å². The van der Waals surface area contributed by atoms with Crippen LogP contribution in [0, 0.1) is 5.41 Å². The lowest BCUT2D eigenvalue weighted by atomic mass is 9.59. The van der Waals surface area contributed by atoms with Gasteiger partial charge in [0.15, 0.2) is 0 Å². The van der Waals surface area contributed by atoms with Crippen LogP contribution in [0.15, 0.2) is 23.3 Å². The van der Waals surface area contributed by atoms with E-state index in [0.29, 0.717) is 0 Å². The number of rotatable bonds is 2. The third-order valence-corrected chi connectivity index (χ3v) is 3.36. The molecule has 0 saturated heterocycles. The van der Waals surface area contributed by atoms with Gasteiger partial charge in [-0.1, -0.05) is 6.08 Å². The van der Waals surface area contributed by atoms with Crippen LogP contribution in [0.4, 0.5) is 0 Å². The number of esters is 2. The van der Waals surface area contributed by atoms with Gasteiger partial charge >= 0.3 is 11.9 Å². The minimum atomic E-state index is -0.718. The fourth-order valence-electron chi connectivity index (χ4n) is 2.40. The van der Waals surface area contributed by atoms with E-state index in [-0.39, 0.29) is 17.1 Å². The Labute approximate surface area is 104 Å². The molecule has 0 saturated carbocycles. The predicted octanol–water partition coefficient (Wildman–Crippen LogP) is -0.297. The molecule has 2 aliphatic rings. The zero-order valence-corrected chi connectivity index (χ0v) is 10.3. The van der Waals surface area contributed by atoms with E-state index in [1.54, 1.807) is 13.0 Å². The number of hydrogen-bond donors (Lipinski definition) is 1. The zero-order valence-electron chi connectivity index (χ0n) is 10.3. The van der Waals surface area contributed by atoms with Gasteiger partial charge in [-0.05, 0) is 13.0 Å². The summed E-state index contributed by atoms with van der Waals surface area (Å²) in [6.45, 7) is 1.76. The van der Waals surface area contributed by atoms with E-state index in [0.717, 1.165) is 0 Å². The quantitative estimate of drug-likeness (QED) is 0.682. The highest BCUT2D eigenvalue weighted by atomic mass is 16.5. The molecule has 0 spiro atoms. The van der Waals surface area contributed by atoms with E-state index < -0.39 is 23.4 Å². The molecule has 2 unspecified atom stereocenters. The lowest BCUT2D eigenvalue weighted by Crippen LogP contribution is -2.60. The normalized spacial score (nSPS) is 29.1. The second kappa shape index (κ2) is 3.97. The van der Waals surface area contributed by atoms with Gasteiger partial charge in [-0.3, -0.25) is 4.79 Å². The van der Waals surface area contributed by atoms with Crippen molar-refractivity contribution in [3.8, 4) is 0 Å². The molecule has 0 aromatic rings. The maximum absolute atomic E-state index is 11.7. The van der Waals surface area contributed by atoms with Gasteiger partial charge in [0.05, 0.1) is 31.4 Å². The summed E-state index contributed by atoms with van der Waals surface area (Å²) in [5.74, 6) is -1.52. The molecule has 1 N–H and O–H groups in total. The molecule has 0 bridgehead atoms. The minimum Gasteiger partial charge on any atom is -0.466 e. The van der Waals surface area contributed by atoms with Crippen LogP contribution in [-0.4, -0.2) is 38.1 Å². The Kier molecular flexibility index (Phi) is 2.73. The first-order chi connectivity index (χ1) is 8.45. The van der Waals surface area contributed by atoms with E-state index in [1.807, 2.05) is 0 Å². The molecule has 18 heavy (non-hydrogen) atoms. The van der Waals surface area contributed by atoms with Gasteiger partial charge in [0, 0.05) is 5.41 Å². The summed E-state index contributed by atoms with van der Waals surface area (Å²) in [6.07, 6.45) is 2.95. The van der Waals surface area contributed by atoms with E-state index in [2.05, 4.69) is 14.8 Å². The fourth-order valence-corrected chi connectivity index (χ4v) is 2.40. The average Bonchev–Trinajstić information content (AvgIpc) is 2.36. The van der Waals surface area contributed by atoms with Gasteiger partial charge < -0.3 is 14.8 Å². The van der Waals surface area contributed by atoms with Crippen LogP contribution < -0.4 is 5.32 Å². The summed E-state index contributed by atoms with van der Waals surface area (Å²) in [4.78, 5) is 34.7. The molecule has 0 fully saturated rings. The Morgan fingerprint density at radius 3 is 2.44 bits per heavy atom. The topological polar surface area (TPSA) is 81.7 Å². The number of hydrogen-bond acceptors (Lipinski definition) is 5. The summed E-state index contributed by atoms with van der Waals surface area (Å²) in [5, 5.41) is 2.64. The summed E-state index contributed by atoms with van der Waals surface area (Å²) in [6, 6.07) is -0.545. The van der Waals surface area contributed by atoms with Gasteiger partial charge in [-0.2, -0.15) is 0 Å². The van der Waals surface area contributed by atoms with Crippen LogP contribution in [0.5, 0.6) is 0 Å². The Morgan fingerprint density at radius 2 is 1.89 bits per heavy atom. The van der Waals surface area contributed by atoms with Crippen LogP contribution in [0.25, 0.3) is 0 Å². The second-order valence-electron chi connectivity index (χ2n) is 4.33. The maximum Gasteiger partial charge on any atom is 0.336 e. The van der Waals surface area contributed by atoms with Crippen LogP contribution >= 0.6 is 0 Å². The van der Waals surface area contributed by atoms with Crippen LogP contribution in [0.3, 0.4) is 0 Å². The zero-order chi connectivity index (χ0) is 13.5. The van der Waals surface area contributed by atoms with Gasteiger partial charge in [0.1, 0.15) is 0 Å². The Balaban J connectivity index is 2.52. The SMILES string of the molecule is COC(=O)C1=C(C(=O)OC)C2(C)C=CC(=O)NC12. The number of amides is 1. The molecular formula is C12H13NO5. The van der Waals surface area contributed by atoms with Crippen molar-refractivity contribution in [3.63, 3.8) is 0 Å². The molecule has 1 aliphatic carbocycles. The molecule has 0 aromatic heterocycles. The molecular weight excluding hydrogens is 238 g/mol. The van der Waals surface area contributed by atoms with Gasteiger partial charge in [-0.25, -0.2) is 9.59 Å². The number of carbonyl (C=O) groups is 3. The predicted molar refractivity (Wildman–Crippen MR) is 60.2 cm³/mol. The summed E-state index contributed by atoms with van der Waals surface area (Å²) >= 11 is 0. The fraction of sp³-hybridized carbons (Fsp3) is 0.417. The summed E-state index contributed by atoms with van der Waals surface area (Å²) in [5.41, 5.74) is -0.326. The largest absolute Gasteiger partial charge is 0.466 e. The molecule has 1 amide bonds. The van der Waals surface area contributed by atoms with Crippen molar-refractivity contribution in [2.45, 2.75) is 13.0 Å². The van der Waals surface area contributed by atoms with Crippen LogP contribution in [0.2, 0.25) is 0 Å². The number of ether oxygens (including phenoxy) is 2. The number of carbonyl (C=O) groups excluding carboxylic acids is 3. The van der Waals surface area contributed by atoms with Crippen molar-refractivity contribution in [3.05, 3.63) is 23.3 Å². The van der Waals surface area contributed by atoms with E-state index in [9.17, 15) is 14.4 Å². The maximum atomic E-state index is 11.7. The molecule has 6 nitrogen and oxygen atoms in total. The summed E-state index contributed by atoms with van der Waals surface area (Å²) in [7, 11) is 2.46. The van der Waals surface area contributed by atoms with E-state index in [1.165, 1.54) is 20.3 Å². The highest BCUT2D eigenvalue weighted by Crippen LogP contribution is 2.49. The van der Waals surface area contributed by atoms with Crippen molar-refractivity contribution in [1.82, 2.24) is 5.32 Å². The van der Waals surface area contributed by atoms with Gasteiger partial charge in [0.25, 0.3) is 0 Å². The van der Waals surface area contributed by atoms with Crippen molar-refractivity contribution in [2.75, 3.05) is 14.2 Å². The highest BCUT2D eigenvalue weighted by Gasteiger charge is 2.57. The molecule has 96 valence electrons. The Bertz CT molecular complexity index is 505. The number of methoxy groups -OCH3 is 2. The smallest absolute Gasteiger partial charge is 0.336 e. The molecule has 0 radical (unpaired) electrons. The Morgan fingerprint density at radius 1 is 1.28 bits per heavy atom. The highest BCUT2D eigenvalue weighted by molar-refractivity contribution is 6.08. The lowest BCUT2D eigenvalue weighted by Gasteiger charge is -2.48. The Hall–Kier alpha value is -2.11. The first kappa shape index (κ1) is 12.3. The van der Waals surface area contributed by atoms with Crippen LogP contribution in [0.1, 0.15) is 6.92 Å². The standard InChI is InChI=1S/C12H13NO5/c1-12-5-4-6(14)13-9(12)7(10(15)17-2)8(12)11(16)18-3/h4-5,9H,1-3H3,(H,13,14). The number of nitrogens with one attached hydrogen (secondary N) is 1. The van der Waals surface area contributed by atoms with E-state index >= 15 is 0 Å². The minimum absolute atomic E-state index is 0.157. The first-order valence-electron chi connectivity index (χ1n) is 5.36. The molecule has 6 heteroatoms. The van der Waals surface area contributed by atoms with Crippen molar-refractivity contribution in [1.29, 1.82) is 0 Å². The van der Waals surface area contributed by atoms with Gasteiger partial charge in [-0.15, -0.1) is 0 Å². The third kappa shape index (κ3) is 1.45. The second-order valence-corrected chi connectivity index (χ2v) is 4.33. The lowest BCUT2D eigenvalue weighted by molar-refractivity contribution is -0.143.